The van der Waals surface area contributed by atoms with Crippen LogP contribution in [0.2, 0.25) is 5.02 Å². The van der Waals surface area contributed by atoms with Gasteiger partial charge in [0.05, 0.1) is 11.1 Å². The topological polar surface area (TPSA) is 79.1 Å². The summed E-state index contributed by atoms with van der Waals surface area (Å²) in [6.07, 6.45) is 7.61. The van der Waals surface area contributed by atoms with Crippen LogP contribution >= 0.6 is 11.6 Å². The molecule has 1 atom stereocenters. The van der Waals surface area contributed by atoms with Crippen LogP contribution < -0.4 is 9.64 Å². The van der Waals surface area contributed by atoms with Crippen molar-refractivity contribution in [1.29, 1.82) is 0 Å². The SMILES string of the molecule is [C-]#[N+]C[C@H]1CN(c2nc(OCC34CCCN3CCC4)nc3cc(-c4cncc5cccc(Cl)c45)c(F)cc23)CCN1C(=O)C(=C)F. The van der Waals surface area contributed by atoms with Crippen molar-refractivity contribution in [1.82, 2.24) is 24.8 Å². The molecular weight excluding hydrogens is 612 g/mol. The van der Waals surface area contributed by atoms with Crippen molar-refractivity contribution in [2.75, 3.05) is 50.8 Å². The summed E-state index contributed by atoms with van der Waals surface area (Å²) < 4.78 is 36.4. The number of hydrogen-bond donors (Lipinski definition) is 0. The molecule has 5 heterocycles. The number of carbonyl (C=O) groups excluding carboxylic acids is 1. The third-order valence-corrected chi connectivity index (χ3v) is 9.94. The minimum absolute atomic E-state index is 0.0341. The number of rotatable bonds is 7. The largest absolute Gasteiger partial charge is 0.461 e. The summed E-state index contributed by atoms with van der Waals surface area (Å²) in [5, 5.41) is 2.39. The van der Waals surface area contributed by atoms with Gasteiger partial charge in [0.1, 0.15) is 24.3 Å². The van der Waals surface area contributed by atoms with Gasteiger partial charge in [0, 0.05) is 64.3 Å². The summed E-state index contributed by atoms with van der Waals surface area (Å²) in [6.45, 7) is 13.7. The van der Waals surface area contributed by atoms with Gasteiger partial charge in [0.15, 0.2) is 5.83 Å². The number of amides is 1. The van der Waals surface area contributed by atoms with Gasteiger partial charge in [-0.3, -0.25) is 14.7 Å². The highest BCUT2D eigenvalue weighted by atomic mass is 35.5. The Bertz CT molecular complexity index is 1900. The first-order valence-electron chi connectivity index (χ1n) is 15.4. The molecule has 9 nitrogen and oxygen atoms in total. The van der Waals surface area contributed by atoms with Crippen molar-refractivity contribution in [2.24, 2.45) is 0 Å². The van der Waals surface area contributed by atoms with Crippen LogP contribution in [0.25, 0.3) is 37.6 Å². The highest BCUT2D eigenvalue weighted by molar-refractivity contribution is 6.36. The van der Waals surface area contributed by atoms with Crippen LogP contribution in [-0.4, -0.2) is 88.1 Å². The minimum Gasteiger partial charge on any atom is -0.461 e. The van der Waals surface area contributed by atoms with E-state index in [1.165, 1.54) is 11.0 Å². The zero-order chi connectivity index (χ0) is 32.0. The standard InChI is InChI=1S/C34H32ClF2N7O2/c1-21(36)32(45)44-13-12-42(19-23(44)17-38-2)31-25-14-28(37)24(26-18-39-16-22-6-3-7-27(35)30(22)26)15-29(25)40-33(41-31)46-20-34-8-4-10-43(34)11-5-9-34/h3,6-7,14-16,18,23H,1,4-5,8-13,17,19-20H2/t23-/m0/s1. The van der Waals surface area contributed by atoms with Crippen molar-refractivity contribution >= 4 is 45.0 Å². The molecule has 3 fully saturated rings. The smallest absolute Gasteiger partial charge is 0.319 e. The summed E-state index contributed by atoms with van der Waals surface area (Å²) in [6, 6.07) is 8.08. The van der Waals surface area contributed by atoms with E-state index in [0.29, 0.717) is 39.3 Å². The van der Waals surface area contributed by atoms with Crippen molar-refractivity contribution in [3.63, 3.8) is 0 Å². The maximum atomic E-state index is 16.1. The van der Waals surface area contributed by atoms with E-state index in [-0.39, 0.29) is 43.3 Å². The first-order chi connectivity index (χ1) is 22.3. The lowest BCUT2D eigenvalue weighted by atomic mass is 9.95. The predicted octanol–water partition coefficient (Wildman–Crippen LogP) is 6.06. The molecule has 0 unspecified atom stereocenters. The number of anilines is 1. The van der Waals surface area contributed by atoms with Crippen molar-refractivity contribution in [2.45, 2.75) is 37.3 Å². The van der Waals surface area contributed by atoms with Crippen molar-refractivity contribution < 1.29 is 18.3 Å². The second-order valence-electron chi connectivity index (χ2n) is 12.3. The number of fused-ring (bicyclic) bond motifs is 3. The Hall–Kier alpha value is -4.40. The molecule has 236 valence electrons. The van der Waals surface area contributed by atoms with Crippen LogP contribution in [0.3, 0.4) is 0 Å². The molecule has 0 aliphatic carbocycles. The monoisotopic (exact) mass is 643 g/mol. The molecule has 2 aromatic carbocycles. The Kier molecular flexibility index (Phi) is 7.95. The second-order valence-corrected chi connectivity index (χ2v) is 12.7. The van der Waals surface area contributed by atoms with Gasteiger partial charge in [-0.1, -0.05) is 30.3 Å². The highest BCUT2D eigenvalue weighted by Gasteiger charge is 2.45. The number of nitrogens with zero attached hydrogens (tertiary/aromatic N) is 7. The third kappa shape index (κ3) is 5.29. The fraction of sp³-hybridized carbons (Fsp3) is 0.382. The summed E-state index contributed by atoms with van der Waals surface area (Å²) in [7, 11) is 0. The highest BCUT2D eigenvalue weighted by Crippen LogP contribution is 2.40. The van der Waals surface area contributed by atoms with E-state index in [2.05, 4.69) is 21.3 Å². The summed E-state index contributed by atoms with van der Waals surface area (Å²) in [4.78, 5) is 35.7. The number of benzene rings is 2. The van der Waals surface area contributed by atoms with Crippen LogP contribution in [0, 0.1) is 12.4 Å². The lowest BCUT2D eigenvalue weighted by Crippen LogP contribution is -2.56. The van der Waals surface area contributed by atoms with Gasteiger partial charge in [-0.15, -0.1) is 0 Å². The van der Waals surface area contributed by atoms with E-state index < -0.39 is 23.6 Å². The summed E-state index contributed by atoms with van der Waals surface area (Å²) in [5.41, 5.74) is 1.24. The van der Waals surface area contributed by atoms with Gasteiger partial charge < -0.3 is 19.4 Å². The normalized spacial score (nSPS) is 19.4. The Labute approximate surface area is 270 Å². The second kappa shape index (κ2) is 12.1. The Balaban J connectivity index is 1.32. The molecule has 0 radical (unpaired) electrons. The molecule has 1 amide bonds. The third-order valence-electron chi connectivity index (χ3n) is 9.62. The first-order valence-corrected chi connectivity index (χ1v) is 15.8. The first kappa shape index (κ1) is 30.3. The number of carbonyl (C=O) groups is 1. The molecular formula is C34H32ClF2N7O2. The maximum Gasteiger partial charge on any atom is 0.319 e. The number of hydrogen-bond acceptors (Lipinski definition) is 7. The van der Waals surface area contributed by atoms with E-state index in [9.17, 15) is 9.18 Å². The van der Waals surface area contributed by atoms with Gasteiger partial charge in [-0.25, -0.2) is 15.4 Å². The summed E-state index contributed by atoms with van der Waals surface area (Å²) in [5.74, 6) is -1.99. The zero-order valence-corrected chi connectivity index (χ0v) is 25.9. The lowest BCUT2D eigenvalue weighted by molar-refractivity contribution is -0.131. The molecule has 4 aromatic rings. The molecule has 46 heavy (non-hydrogen) atoms. The Morgan fingerprint density at radius 3 is 2.70 bits per heavy atom. The minimum atomic E-state index is -1.07. The van der Waals surface area contributed by atoms with E-state index in [1.807, 2.05) is 17.0 Å². The van der Waals surface area contributed by atoms with Crippen LogP contribution in [0.15, 0.2) is 55.1 Å². The zero-order valence-electron chi connectivity index (χ0n) is 25.2. The quantitative estimate of drug-likeness (QED) is 0.179. The van der Waals surface area contributed by atoms with Crippen molar-refractivity contribution in [3.05, 3.63) is 77.4 Å². The van der Waals surface area contributed by atoms with Crippen LogP contribution in [0.5, 0.6) is 6.01 Å². The molecule has 0 N–H and O–H groups in total. The van der Waals surface area contributed by atoms with Crippen LogP contribution in [-0.2, 0) is 4.79 Å². The molecule has 3 aliphatic rings. The average Bonchev–Trinajstić information content (AvgIpc) is 3.64. The number of piperazine rings is 1. The Morgan fingerprint density at radius 1 is 1.13 bits per heavy atom. The molecule has 3 saturated heterocycles. The number of pyridine rings is 1. The molecule has 7 rings (SSSR count). The molecule has 0 bridgehead atoms. The summed E-state index contributed by atoms with van der Waals surface area (Å²) >= 11 is 6.59. The Morgan fingerprint density at radius 2 is 1.93 bits per heavy atom. The number of halogens is 3. The van der Waals surface area contributed by atoms with Crippen LogP contribution in [0.1, 0.15) is 25.7 Å². The van der Waals surface area contributed by atoms with Gasteiger partial charge in [-0.05, 0) is 57.0 Å². The van der Waals surface area contributed by atoms with E-state index in [1.54, 1.807) is 24.5 Å². The lowest BCUT2D eigenvalue weighted by Gasteiger charge is -2.39. The van der Waals surface area contributed by atoms with Crippen molar-refractivity contribution in [3.8, 4) is 17.1 Å². The molecule has 0 spiro atoms. The molecule has 3 aliphatic heterocycles. The van der Waals surface area contributed by atoms with E-state index in [0.717, 1.165) is 44.2 Å². The van der Waals surface area contributed by atoms with E-state index in [4.69, 9.17) is 32.9 Å². The molecule has 0 saturated carbocycles. The fourth-order valence-corrected chi connectivity index (χ4v) is 7.69. The average molecular weight is 644 g/mol. The molecule has 12 heteroatoms. The number of aromatic nitrogens is 3. The molecule has 2 aromatic heterocycles. The number of ether oxygens (including phenoxy) is 1. The van der Waals surface area contributed by atoms with Gasteiger partial charge >= 0.3 is 6.01 Å². The maximum absolute atomic E-state index is 16.1. The fourth-order valence-electron chi connectivity index (χ4n) is 7.41. The van der Waals surface area contributed by atoms with Crippen LogP contribution in [0.4, 0.5) is 14.6 Å². The van der Waals surface area contributed by atoms with E-state index >= 15 is 4.39 Å². The van der Waals surface area contributed by atoms with Gasteiger partial charge in [0.25, 0.3) is 5.91 Å². The van der Waals surface area contributed by atoms with Gasteiger partial charge in [-0.2, -0.15) is 9.97 Å². The predicted molar refractivity (Wildman–Crippen MR) is 173 cm³/mol. The van der Waals surface area contributed by atoms with Gasteiger partial charge in [0.2, 0.25) is 6.54 Å².